The molecule has 2 unspecified atom stereocenters. The number of nitrogens with zero attached hydrogens (tertiary/aromatic N) is 1. The van der Waals surface area contributed by atoms with E-state index >= 15 is 0 Å². The number of likely N-dealkylation sites (N-methyl/N-ethyl adjacent to an activating group) is 1. The van der Waals surface area contributed by atoms with Crippen molar-refractivity contribution in [2.24, 2.45) is 0 Å². The molecule has 0 spiro atoms. The number of ether oxygens (including phenoxy) is 4. The van der Waals surface area contributed by atoms with Crippen molar-refractivity contribution in [1.82, 2.24) is 0 Å². The monoisotopic (exact) mass is 1250 g/mol. The number of hydrogen-bond donors (Lipinski definition) is 1. The highest BCUT2D eigenvalue weighted by Crippen LogP contribution is 2.19. The number of aliphatic carboxylic acids is 1. The zero-order chi connectivity index (χ0) is 64.7. The van der Waals surface area contributed by atoms with Crippen LogP contribution in [0.4, 0.5) is 0 Å². The van der Waals surface area contributed by atoms with E-state index in [1.807, 2.05) is 21.1 Å². The van der Waals surface area contributed by atoms with Gasteiger partial charge in [0.15, 0.2) is 6.10 Å². The van der Waals surface area contributed by atoms with Gasteiger partial charge in [0.1, 0.15) is 13.2 Å². The van der Waals surface area contributed by atoms with Crippen molar-refractivity contribution < 1.29 is 42.9 Å². The minimum atomic E-state index is -1.51. The Bertz CT molecular complexity index is 1650. The summed E-state index contributed by atoms with van der Waals surface area (Å²) in [5.74, 6) is -1.97. The summed E-state index contributed by atoms with van der Waals surface area (Å²) in [6.07, 6.45) is 90.8. The second-order valence-corrected chi connectivity index (χ2v) is 27.3. The summed E-state index contributed by atoms with van der Waals surface area (Å²) < 4.78 is 23.0. The summed E-state index contributed by atoms with van der Waals surface area (Å²) >= 11 is 0. The largest absolute Gasteiger partial charge is 0.477 e. The number of carboxylic acids is 1. The molecule has 0 fully saturated rings. The second-order valence-electron chi connectivity index (χ2n) is 27.3. The van der Waals surface area contributed by atoms with Crippen molar-refractivity contribution >= 4 is 17.9 Å². The molecule has 0 aromatic heterocycles. The molecular formula is C80H148NO8+. The van der Waals surface area contributed by atoms with Gasteiger partial charge in [-0.3, -0.25) is 9.59 Å². The number of hydrogen-bond acceptors (Lipinski definition) is 7. The summed E-state index contributed by atoms with van der Waals surface area (Å²) in [5, 5.41) is 9.76. The summed E-state index contributed by atoms with van der Waals surface area (Å²) in [6, 6.07) is 0. The van der Waals surface area contributed by atoms with Crippen molar-refractivity contribution in [2.75, 3.05) is 47.5 Å². The molecule has 9 heteroatoms. The van der Waals surface area contributed by atoms with Crippen molar-refractivity contribution in [3.05, 3.63) is 60.8 Å². The molecule has 1 N–H and O–H groups in total. The van der Waals surface area contributed by atoms with E-state index in [2.05, 4.69) is 74.6 Å². The van der Waals surface area contributed by atoms with Crippen LogP contribution in [0.1, 0.15) is 373 Å². The number of quaternary nitrogens is 1. The summed E-state index contributed by atoms with van der Waals surface area (Å²) in [5.41, 5.74) is 0. The Hall–Kier alpha value is -3.01. The van der Waals surface area contributed by atoms with Gasteiger partial charge in [0, 0.05) is 12.8 Å². The fourth-order valence-corrected chi connectivity index (χ4v) is 11.5. The highest BCUT2D eigenvalue weighted by molar-refractivity contribution is 5.71. The zero-order valence-electron chi connectivity index (χ0n) is 59.6. The third kappa shape index (κ3) is 72.3. The maximum absolute atomic E-state index is 13.0. The van der Waals surface area contributed by atoms with Gasteiger partial charge < -0.3 is 28.5 Å². The fourth-order valence-electron chi connectivity index (χ4n) is 11.5. The maximum atomic E-state index is 13.0. The van der Waals surface area contributed by atoms with Crippen molar-refractivity contribution in [1.29, 1.82) is 0 Å². The van der Waals surface area contributed by atoms with Crippen LogP contribution in [-0.4, -0.2) is 87.4 Å². The molecule has 0 aromatic carbocycles. The molecule has 0 rings (SSSR count). The van der Waals surface area contributed by atoms with E-state index in [1.165, 1.54) is 276 Å². The van der Waals surface area contributed by atoms with E-state index in [-0.39, 0.29) is 38.2 Å². The molecule has 0 saturated heterocycles. The van der Waals surface area contributed by atoms with E-state index in [0.717, 1.165) is 70.6 Å². The van der Waals surface area contributed by atoms with Gasteiger partial charge in [-0.05, 0) is 57.8 Å². The Morgan fingerprint density at radius 1 is 0.348 bits per heavy atom. The third-order valence-electron chi connectivity index (χ3n) is 17.3. The molecule has 2 atom stereocenters. The molecule has 89 heavy (non-hydrogen) atoms. The number of allylic oxidation sites excluding steroid dienone is 10. The fraction of sp³-hybridized carbons (Fsp3) is 0.838. The van der Waals surface area contributed by atoms with Crippen molar-refractivity contribution in [3.63, 3.8) is 0 Å². The first-order valence-electron chi connectivity index (χ1n) is 38.5. The molecule has 520 valence electrons. The van der Waals surface area contributed by atoms with Gasteiger partial charge in [0.25, 0.3) is 6.29 Å². The molecule has 0 aliphatic heterocycles. The molecule has 0 radical (unpaired) electrons. The molecular weight excluding hydrogens is 1100 g/mol. The topological polar surface area (TPSA) is 108 Å². The maximum Gasteiger partial charge on any atom is 0.361 e. The van der Waals surface area contributed by atoms with Crippen molar-refractivity contribution in [2.45, 2.75) is 386 Å². The lowest BCUT2D eigenvalue weighted by Crippen LogP contribution is -2.40. The predicted octanol–water partition coefficient (Wildman–Crippen LogP) is 24.3. The molecule has 9 nitrogen and oxygen atoms in total. The number of unbranched alkanes of at least 4 members (excludes halogenated alkanes) is 47. The van der Waals surface area contributed by atoms with E-state index < -0.39 is 18.4 Å². The van der Waals surface area contributed by atoms with Gasteiger partial charge in [-0.25, -0.2) is 4.79 Å². The van der Waals surface area contributed by atoms with Crippen LogP contribution in [0.3, 0.4) is 0 Å². The lowest BCUT2D eigenvalue weighted by molar-refractivity contribution is -0.870. The van der Waals surface area contributed by atoms with Gasteiger partial charge in [0.05, 0.1) is 34.4 Å². The van der Waals surface area contributed by atoms with Crippen LogP contribution in [0.5, 0.6) is 0 Å². The number of rotatable bonds is 72. The van der Waals surface area contributed by atoms with E-state index in [0.29, 0.717) is 17.4 Å². The van der Waals surface area contributed by atoms with Gasteiger partial charge in [-0.2, -0.15) is 0 Å². The minimum Gasteiger partial charge on any atom is -0.477 e. The number of carbonyl (C=O) groups is 3. The Balaban J connectivity index is 3.97. The molecule has 0 aliphatic carbocycles. The van der Waals surface area contributed by atoms with E-state index in [9.17, 15) is 19.5 Å². The van der Waals surface area contributed by atoms with Crippen LogP contribution in [0.15, 0.2) is 60.8 Å². The predicted molar refractivity (Wildman–Crippen MR) is 383 cm³/mol. The van der Waals surface area contributed by atoms with E-state index in [1.54, 1.807) is 0 Å². The smallest absolute Gasteiger partial charge is 0.361 e. The minimum absolute atomic E-state index is 0.176. The summed E-state index contributed by atoms with van der Waals surface area (Å²) in [6.45, 7) is 4.84. The van der Waals surface area contributed by atoms with Gasteiger partial charge in [0.2, 0.25) is 0 Å². The molecule has 0 amide bonds. The van der Waals surface area contributed by atoms with Gasteiger partial charge in [-0.15, -0.1) is 0 Å². The van der Waals surface area contributed by atoms with Crippen LogP contribution in [0.2, 0.25) is 0 Å². The zero-order valence-corrected chi connectivity index (χ0v) is 59.6. The van der Waals surface area contributed by atoms with Crippen molar-refractivity contribution in [3.8, 4) is 0 Å². The molecule has 0 heterocycles. The van der Waals surface area contributed by atoms with E-state index in [4.69, 9.17) is 18.9 Å². The molecule has 0 saturated carbocycles. The molecule has 0 bridgehead atoms. The average Bonchev–Trinajstić information content (AvgIpc) is 3.64. The van der Waals surface area contributed by atoms with Crippen LogP contribution in [0.25, 0.3) is 0 Å². The first-order chi connectivity index (χ1) is 43.6. The first-order valence-corrected chi connectivity index (χ1v) is 38.5. The third-order valence-corrected chi connectivity index (χ3v) is 17.3. The summed E-state index contributed by atoms with van der Waals surface area (Å²) in [4.78, 5) is 37.7. The Kier molecular flexibility index (Phi) is 68.5. The number of carboxylic acid groups (broad SMARTS) is 1. The molecule has 0 aliphatic rings. The lowest BCUT2D eigenvalue weighted by Gasteiger charge is -2.25. The quantitative estimate of drug-likeness (QED) is 0.0211. The molecule has 0 aromatic rings. The van der Waals surface area contributed by atoms with Crippen LogP contribution < -0.4 is 0 Å². The van der Waals surface area contributed by atoms with Gasteiger partial charge in [-0.1, -0.05) is 364 Å². The highest BCUT2D eigenvalue weighted by Gasteiger charge is 2.25. The Morgan fingerprint density at radius 3 is 0.955 bits per heavy atom. The lowest BCUT2D eigenvalue weighted by atomic mass is 10.0. The van der Waals surface area contributed by atoms with Gasteiger partial charge >= 0.3 is 17.9 Å². The van der Waals surface area contributed by atoms with Crippen LogP contribution in [0, 0.1) is 0 Å². The number of carbonyl (C=O) groups excluding carboxylic acids is 2. The average molecular weight is 1250 g/mol. The normalized spacial score (nSPS) is 13.0. The summed E-state index contributed by atoms with van der Waals surface area (Å²) in [7, 11) is 5.99. The standard InChI is InChI=1S/C80H147NO8/c1-6-8-10-12-14-16-18-20-22-24-26-28-30-32-33-34-35-36-37-38-39-40-41-42-43-44-45-47-49-51-53-55-57-59-61-63-65-67-69-71-78(83)89-76(75-88-80(79(84)85)86-73-72-81(3,4)5)74-87-77(82)70-68-66-64-62-60-58-56-54-52-50-48-46-31-29-27-25-23-21-19-17-15-13-11-9-7-2/h8,10,14,16,20,22,26,28,32-33,76,80H,6-7,9,11-13,15,17-19,21,23-25,27,29-31,34-75H2,1-5H3/p+1/b10-8-,16-14-,22-20-,28-26-,33-32-. The Labute approximate surface area is 552 Å². The Morgan fingerprint density at radius 2 is 0.640 bits per heavy atom. The van der Waals surface area contributed by atoms with Crippen LogP contribution >= 0.6 is 0 Å². The highest BCUT2D eigenvalue weighted by atomic mass is 16.7. The SMILES string of the molecule is CC/C=C\C/C=C\C/C=C\C/C=C\C/C=C\CCCCCCCCCCCCCCCCCCCCCCCCCC(=O)OC(COC(=O)CCCCCCCCCCCCCCCCCCCCCCCCCCC)COC(OCC[N+](C)(C)C)C(=O)O. The number of esters is 2. The van der Waals surface area contributed by atoms with Crippen LogP contribution in [-0.2, 0) is 33.3 Å². The first kappa shape index (κ1) is 86.0. The second kappa shape index (κ2) is 70.9.